The Labute approximate surface area is 225 Å². The Kier molecular flexibility index (Phi) is 6.73. The van der Waals surface area contributed by atoms with Crippen molar-refractivity contribution in [2.24, 2.45) is 7.05 Å². The summed E-state index contributed by atoms with van der Waals surface area (Å²) in [5, 5.41) is 1.09. The number of nitrogens with zero attached hydrogens (tertiary/aromatic N) is 3. The summed E-state index contributed by atoms with van der Waals surface area (Å²) in [6.07, 6.45) is 4.02. The van der Waals surface area contributed by atoms with Crippen LogP contribution in [0.5, 0.6) is 0 Å². The summed E-state index contributed by atoms with van der Waals surface area (Å²) in [5.41, 5.74) is 3.91. The van der Waals surface area contributed by atoms with E-state index in [1.54, 1.807) is 11.0 Å². The van der Waals surface area contributed by atoms with Crippen LogP contribution in [0.3, 0.4) is 0 Å². The number of aryl methyl sites for hydroxylation is 1. The number of carbonyl (C=O) groups excluding carboxylic acids is 2. The lowest BCUT2D eigenvalue weighted by atomic mass is 9.90. The van der Waals surface area contributed by atoms with Crippen LogP contribution in [0.2, 0.25) is 0 Å². The van der Waals surface area contributed by atoms with Gasteiger partial charge < -0.3 is 19.1 Å². The molecule has 5 rings (SSSR count). The van der Waals surface area contributed by atoms with E-state index in [0.29, 0.717) is 30.8 Å². The van der Waals surface area contributed by atoms with Crippen molar-refractivity contribution in [3.05, 3.63) is 76.7 Å². The van der Waals surface area contributed by atoms with Gasteiger partial charge in [0.1, 0.15) is 5.60 Å². The summed E-state index contributed by atoms with van der Waals surface area (Å²) in [6.45, 7) is 7.21. The van der Waals surface area contributed by atoms with Crippen molar-refractivity contribution in [1.29, 1.82) is 0 Å². The van der Waals surface area contributed by atoms with E-state index in [0.717, 1.165) is 41.1 Å². The molecule has 1 aromatic carbocycles. The van der Waals surface area contributed by atoms with E-state index in [9.17, 15) is 22.8 Å². The lowest BCUT2D eigenvalue weighted by molar-refractivity contribution is -0.120. The van der Waals surface area contributed by atoms with E-state index in [2.05, 4.69) is 16.7 Å². The molecule has 0 fully saturated rings. The minimum absolute atomic E-state index is 0.301. The predicted octanol–water partition coefficient (Wildman–Crippen LogP) is 6.51. The number of rotatable bonds is 2. The standard InChI is InChI=1S/C30H32F3N3O3/c1-29(2,3)39-28(38)36-13-5-6-25-24(18-36)23-10-8-21(17-26(23)34(25)4)35-14-11-19(12-15-35)22-9-7-20(16-27(22)37)30(31,32)33/h7-12,14,17H,5-6,13,15-16,18H2,1-4H3. The third-order valence-electron chi connectivity index (χ3n) is 7.31. The molecule has 9 heteroatoms. The van der Waals surface area contributed by atoms with Gasteiger partial charge in [0, 0.05) is 66.2 Å². The molecular formula is C30H32F3N3O3. The minimum atomic E-state index is -4.49. The molecule has 0 saturated heterocycles. The normalized spacial score (nSPS) is 18.4. The maximum Gasteiger partial charge on any atom is 0.413 e. The number of amides is 1. The van der Waals surface area contributed by atoms with Gasteiger partial charge in [0.05, 0.1) is 12.1 Å². The fourth-order valence-electron chi connectivity index (χ4n) is 5.36. The van der Waals surface area contributed by atoms with Crippen molar-refractivity contribution in [2.75, 3.05) is 18.0 Å². The number of aromatic nitrogens is 1. The Bertz CT molecular complexity index is 1470. The lowest BCUT2D eigenvalue weighted by Gasteiger charge is -2.26. The van der Waals surface area contributed by atoms with Crippen molar-refractivity contribution in [3.8, 4) is 0 Å². The number of hydrogen-bond acceptors (Lipinski definition) is 4. The largest absolute Gasteiger partial charge is 0.444 e. The molecule has 0 saturated carbocycles. The number of ketones is 1. The molecule has 0 radical (unpaired) electrons. The third kappa shape index (κ3) is 5.40. The maximum absolute atomic E-state index is 13.0. The molecule has 0 atom stereocenters. The summed E-state index contributed by atoms with van der Waals surface area (Å²) in [5.74, 6) is -0.527. The molecule has 1 aromatic heterocycles. The number of fused-ring (bicyclic) bond motifs is 3. The van der Waals surface area contributed by atoms with Gasteiger partial charge in [0.15, 0.2) is 5.78 Å². The van der Waals surface area contributed by atoms with Crippen LogP contribution in [0.1, 0.15) is 44.9 Å². The van der Waals surface area contributed by atoms with Crippen molar-refractivity contribution < 1.29 is 27.5 Å². The van der Waals surface area contributed by atoms with Gasteiger partial charge in [-0.3, -0.25) is 4.79 Å². The van der Waals surface area contributed by atoms with Gasteiger partial charge in [0.25, 0.3) is 0 Å². The Morgan fingerprint density at radius 2 is 1.87 bits per heavy atom. The molecule has 206 valence electrons. The first kappa shape index (κ1) is 26.8. The third-order valence-corrected chi connectivity index (χ3v) is 7.31. The van der Waals surface area contributed by atoms with Crippen molar-refractivity contribution in [1.82, 2.24) is 9.47 Å². The minimum Gasteiger partial charge on any atom is -0.444 e. The monoisotopic (exact) mass is 539 g/mol. The number of alkyl halides is 3. The zero-order valence-corrected chi connectivity index (χ0v) is 22.6. The Hall–Kier alpha value is -3.75. The van der Waals surface area contributed by atoms with Crippen LogP contribution in [0.4, 0.5) is 23.7 Å². The van der Waals surface area contributed by atoms with E-state index in [4.69, 9.17) is 4.74 Å². The van der Waals surface area contributed by atoms with E-state index >= 15 is 0 Å². The number of benzene rings is 1. The van der Waals surface area contributed by atoms with Gasteiger partial charge in [-0.2, -0.15) is 13.2 Å². The van der Waals surface area contributed by atoms with Crippen LogP contribution in [0.25, 0.3) is 10.9 Å². The van der Waals surface area contributed by atoms with Gasteiger partial charge in [-0.05, 0) is 57.4 Å². The quantitative estimate of drug-likeness (QED) is 0.437. The SMILES string of the molecule is Cn1c2c(c3ccc(N4C=CC(C5=CC=C(C(F)(F)F)CC5=O)=CC4)cc31)CN(C(=O)OC(C)(C)C)CCC2. The Morgan fingerprint density at radius 1 is 1.10 bits per heavy atom. The zero-order chi connectivity index (χ0) is 28.1. The van der Waals surface area contributed by atoms with E-state index in [1.807, 2.05) is 51.1 Å². The highest BCUT2D eigenvalue weighted by Crippen LogP contribution is 2.36. The van der Waals surface area contributed by atoms with Gasteiger partial charge in [-0.1, -0.05) is 24.3 Å². The fourth-order valence-corrected chi connectivity index (χ4v) is 5.36. The number of Topliss-reactive ketones (excluding diaryl/α,β-unsaturated/α-hetero) is 1. The average Bonchev–Trinajstić information content (AvgIpc) is 3.00. The van der Waals surface area contributed by atoms with Gasteiger partial charge in [-0.15, -0.1) is 0 Å². The fraction of sp³-hybridized carbons (Fsp3) is 0.400. The highest BCUT2D eigenvalue weighted by atomic mass is 19.4. The van der Waals surface area contributed by atoms with Crippen LogP contribution in [0.15, 0.2) is 65.4 Å². The summed E-state index contributed by atoms with van der Waals surface area (Å²) in [7, 11) is 2.04. The van der Waals surface area contributed by atoms with Crippen LogP contribution < -0.4 is 4.90 Å². The topological polar surface area (TPSA) is 54.8 Å². The van der Waals surface area contributed by atoms with Gasteiger partial charge in [0.2, 0.25) is 0 Å². The molecule has 0 spiro atoms. The average molecular weight is 540 g/mol. The molecule has 39 heavy (non-hydrogen) atoms. The van der Waals surface area contributed by atoms with Crippen LogP contribution in [-0.4, -0.2) is 46.2 Å². The first-order valence-corrected chi connectivity index (χ1v) is 13.1. The zero-order valence-electron chi connectivity index (χ0n) is 22.6. The molecule has 0 unspecified atom stereocenters. The molecule has 3 heterocycles. The number of ether oxygens (including phenoxy) is 1. The molecule has 2 aromatic rings. The van der Waals surface area contributed by atoms with Crippen molar-refractivity contribution in [2.45, 2.75) is 58.4 Å². The highest BCUT2D eigenvalue weighted by molar-refractivity contribution is 6.03. The van der Waals surface area contributed by atoms with Gasteiger partial charge in [-0.25, -0.2) is 4.79 Å². The molecule has 2 aliphatic heterocycles. The summed E-state index contributed by atoms with van der Waals surface area (Å²) in [4.78, 5) is 29.0. The number of carbonyl (C=O) groups is 2. The van der Waals surface area contributed by atoms with Gasteiger partial charge >= 0.3 is 12.3 Å². The van der Waals surface area contributed by atoms with E-state index in [1.165, 1.54) is 11.8 Å². The molecular weight excluding hydrogens is 507 g/mol. The molecule has 1 aliphatic carbocycles. The van der Waals surface area contributed by atoms with E-state index < -0.39 is 29.6 Å². The number of halogens is 3. The second-order valence-electron chi connectivity index (χ2n) is 11.2. The molecule has 0 N–H and O–H groups in total. The maximum atomic E-state index is 13.0. The molecule has 0 bridgehead atoms. The number of hydrogen-bond donors (Lipinski definition) is 0. The van der Waals surface area contributed by atoms with Crippen LogP contribution in [-0.2, 0) is 29.5 Å². The Morgan fingerprint density at radius 3 is 2.51 bits per heavy atom. The highest BCUT2D eigenvalue weighted by Gasteiger charge is 2.36. The van der Waals surface area contributed by atoms with Crippen LogP contribution >= 0.6 is 0 Å². The summed E-state index contributed by atoms with van der Waals surface area (Å²) < 4.78 is 46.7. The van der Waals surface area contributed by atoms with E-state index in [-0.39, 0.29) is 6.09 Å². The molecule has 1 amide bonds. The number of anilines is 1. The van der Waals surface area contributed by atoms with Crippen molar-refractivity contribution in [3.63, 3.8) is 0 Å². The lowest BCUT2D eigenvalue weighted by Crippen LogP contribution is -2.36. The first-order chi connectivity index (χ1) is 18.3. The Balaban J connectivity index is 1.37. The first-order valence-electron chi connectivity index (χ1n) is 13.1. The summed E-state index contributed by atoms with van der Waals surface area (Å²) in [6, 6.07) is 6.21. The second-order valence-corrected chi connectivity index (χ2v) is 11.2. The smallest absolute Gasteiger partial charge is 0.413 e. The summed E-state index contributed by atoms with van der Waals surface area (Å²) >= 11 is 0. The number of allylic oxidation sites excluding steroid dienone is 6. The predicted molar refractivity (Wildman–Crippen MR) is 144 cm³/mol. The van der Waals surface area contributed by atoms with Crippen LogP contribution in [0, 0.1) is 0 Å². The molecule has 6 nitrogen and oxygen atoms in total. The van der Waals surface area contributed by atoms with Crippen molar-refractivity contribution >= 4 is 28.5 Å². The second kappa shape index (κ2) is 9.77. The molecule has 3 aliphatic rings.